The van der Waals surface area contributed by atoms with E-state index in [1.54, 1.807) is 24.1 Å². The van der Waals surface area contributed by atoms with Crippen molar-refractivity contribution in [3.05, 3.63) is 46.5 Å². The van der Waals surface area contributed by atoms with Crippen LogP contribution in [0.5, 0.6) is 5.75 Å². The standard InChI is InChI=1S/C12H13BrN2O2/c1-15-6-5-14-12(15)11(16)9-4-3-8(13)7-10(9)17-2/h3-7,11,16H,1-2H3. The molecule has 0 saturated heterocycles. The maximum Gasteiger partial charge on any atom is 0.142 e. The number of benzene rings is 1. The van der Waals surface area contributed by atoms with Crippen LogP contribution in [-0.2, 0) is 7.05 Å². The molecule has 0 radical (unpaired) electrons. The lowest BCUT2D eigenvalue weighted by atomic mass is 10.1. The van der Waals surface area contributed by atoms with E-state index < -0.39 is 6.10 Å². The molecule has 1 unspecified atom stereocenters. The molecular weight excluding hydrogens is 284 g/mol. The van der Waals surface area contributed by atoms with Gasteiger partial charge in [-0.05, 0) is 12.1 Å². The van der Waals surface area contributed by atoms with E-state index in [1.165, 1.54) is 0 Å². The summed E-state index contributed by atoms with van der Waals surface area (Å²) in [6.45, 7) is 0. The van der Waals surface area contributed by atoms with Crippen molar-refractivity contribution in [3.8, 4) is 5.75 Å². The summed E-state index contributed by atoms with van der Waals surface area (Å²) in [7, 11) is 3.42. The number of rotatable bonds is 3. The predicted octanol–water partition coefficient (Wildman–Crippen LogP) is 2.27. The molecule has 0 aliphatic heterocycles. The molecule has 1 atom stereocenters. The first-order valence-corrected chi connectivity index (χ1v) is 5.91. The van der Waals surface area contributed by atoms with Gasteiger partial charge in [0.25, 0.3) is 0 Å². The highest BCUT2D eigenvalue weighted by Gasteiger charge is 2.19. The maximum absolute atomic E-state index is 10.3. The van der Waals surface area contributed by atoms with Crippen molar-refractivity contribution in [1.29, 1.82) is 0 Å². The second-order valence-electron chi connectivity index (χ2n) is 3.69. The minimum atomic E-state index is -0.793. The van der Waals surface area contributed by atoms with Crippen molar-refractivity contribution >= 4 is 15.9 Å². The molecule has 0 amide bonds. The van der Waals surface area contributed by atoms with Gasteiger partial charge in [-0.15, -0.1) is 0 Å². The van der Waals surface area contributed by atoms with Gasteiger partial charge in [-0.25, -0.2) is 4.98 Å². The van der Waals surface area contributed by atoms with E-state index in [9.17, 15) is 5.11 Å². The first-order chi connectivity index (χ1) is 8.13. The first-order valence-electron chi connectivity index (χ1n) is 5.12. The van der Waals surface area contributed by atoms with Gasteiger partial charge >= 0.3 is 0 Å². The van der Waals surface area contributed by atoms with Gasteiger partial charge in [0.05, 0.1) is 7.11 Å². The molecule has 0 fully saturated rings. The Morgan fingerprint density at radius 3 is 2.82 bits per heavy atom. The summed E-state index contributed by atoms with van der Waals surface area (Å²) in [5.74, 6) is 1.22. The van der Waals surface area contributed by atoms with Gasteiger partial charge in [-0.3, -0.25) is 0 Å². The summed E-state index contributed by atoms with van der Waals surface area (Å²) < 4.78 is 7.95. The number of methoxy groups -OCH3 is 1. The number of hydrogen-bond donors (Lipinski definition) is 1. The molecule has 0 bridgehead atoms. The highest BCUT2D eigenvalue weighted by molar-refractivity contribution is 9.10. The molecule has 0 spiro atoms. The Morgan fingerprint density at radius 2 is 2.24 bits per heavy atom. The van der Waals surface area contributed by atoms with Crippen molar-refractivity contribution < 1.29 is 9.84 Å². The van der Waals surface area contributed by atoms with Gasteiger partial charge in [-0.1, -0.05) is 22.0 Å². The van der Waals surface area contributed by atoms with Crippen molar-refractivity contribution in [2.45, 2.75) is 6.10 Å². The fourth-order valence-electron chi connectivity index (χ4n) is 1.69. The second kappa shape index (κ2) is 4.89. The molecule has 1 aromatic heterocycles. The number of ether oxygens (including phenoxy) is 1. The largest absolute Gasteiger partial charge is 0.496 e. The quantitative estimate of drug-likeness (QED) is 0.945. The third kappa shape index (κ3) is 2.35. The van der Waals surface area contributed by atoms with Gasteiger partial charge in [0.15, 0.2) is 0 Å². The smallest absolute Gasteiger partial charge is 0.142 e. The van der Waals surface area contributed by atoms with Crippen LogP contribution in [0.4, 0.5) is 0 Å². The summed E-state index contributed by atoms with van der Waals surface area (Å²) in [5, 5.41) is 10.3. The molecule has 5 heteroatoms. The minimum absolute atomic E-state index is 0.589. The van der Waals surface area contributed by atoms with Crippen LogP contribution >= 0.6 is 15.9 Å². The molecule has 1 aromatic carbocycles. The van der Waals surface area contributed by atoms with Crippen LogP contribution in [0.2, 0.25) is 0 Å². The predicted molar refractivity (Wildman–Crippen MR) is 68.0 cm³/mol. The monoisotopic (exact) mass is 296 g/mol. The summed E-state index contributed by atoms with van der Waals surface area (Å²) in [5.41, 5.74) is 0.699. The lowest BCUT2D eigenvalue weighted by molar-refractivity contribution is 0.201. The lowest BCUT2D eigenvalue weighted by Crippen LogP contribution is -2.08. The zero-order chi connectivity index (χ0) is 12.4. The third-order valence-corrected chi connectivity index (χ3v) is 3.09. The number of aryl methyl sites for hydroxylation is 1. The van der Waals surface area contributed by atoms with E-state index >= 15 is 0 Å². The van der Waals surface area contributed by atoms with Crippen LogP contribution in [-0.4, -0.2) is 21.8 Å². The average molecular weight is 297 g/mol. The number of nitrogens with zero attached hydrogens (tertiary/aromatic N) is 2. The molecule has 2 rings (SSSR count). The van der Waals surface area contributed by atoms with E-state index in [4.69, 9.17) is 4.74 Å². The molecule has 1 N–H and O–H groups in total. The van der Waals surface area contributed by atoms with Crippen LogP contribution in [0.1, 0.15) is 17.5 Å². The second-order valence-corrected chi connectivity index (χ2v) is 4.60. The first kappa shape index (κ1) is 12.1. The van der Waals surface area contributed by atoms with E-state index in [1.807, 2.05) is 25.2 Å². The number of aliphatic hydroxyl groups is 1. The zero-order valence-corrected chi connectivity index (χ0v) is 11.2. The molecule has 0 aliphatic rings. The van der Waals surface area contributed by atoms with Crippen molar-refractivity contribution in [3.63, 3.8) is 0 Å². The molecule has 4 nitrogen and oxygen atoms in total. The highest BCUT2D eigenvalue weighted by atomic mass is 79.9. The van der Waals surface area contributed by atoms with Crippen molar-refractivity contribution in [2.24, 2.45) is 7.05 Å². The number of aromatic nitrogens is 2. The topological polar surface area (TPSA) is 47.3 Å². The summed E-state index contributed by atoms with van der Waals surface area (Å²) in [4.78, 5) is 4.14. The number of aliphatic hydroxyl groups excluding tert-OH is 1. The Bertz CT molecular complexity index is 525. The van der Waals surface area contributed by atoms with Crippen molar-refractivity contribution in [1.82, 2.24) is 9.55 Å². The van der Waals surface area contributed by atoms with Crippen LogP contribution in [0, 0.1) is 0 Å². The number of hydrogen-bond acceptors (Lipinski definition) is 3. The van der Waals surface area contributed by atoms with Gasteiger partial charge < -0.3 is 14.4 Å². The molecule has 2 aromatic rings. The SMILES string of the molecule is COc1cc(Br)ccc1C(O)c1nccn1C. The molecule has 90 valence electrons. The summed E-state index contributed by atoms with van der Waals surface area (Å²) in [6.07, 6.45) is 2.66. The Kier molecular flexibility index (Phi) is 3.49. The Hall–Kier alpha value is -1.33. The van der Waals surface area contributed by atoms with E-state index in [2.05, 4.69) is 20.9 Å². The molecule has 1 heterocycles. The summed E-state index contributed by atoms with van der Waals surface area (Å²) in [6, 6.07) is 5.51. The fourth-order valence-corrected chi connectivity index (χ4v) is 2.03. The minimum Gasteiger partial charge on any atom is -0.496 e. The highest BCUT2D eigenvalue weighted by Crippen LogP contribution is 2.31. The number of imidazole rings is 1. The van der Waals surface area contributed by atoms with Crippen molar-refractivity contribution in [2.75, 3.05) is 7.11 Å². The zero-order valence-electron chi connectivity index (χ0n) is 9.59. The van der Waals surface area contributed by atoms with E-state index in [0.717, 1.165) is 4.47 Å². The van der Waals surface area contributed by atoms with Crippen LogP contribution < -0.4 is 4.74 Å². The van der Waals surface area contributed by atoms with Crippen LogP contribution in [0.3, 0.4) is 0 Å². The molecular formula is C12H13BrN2O2. The Balaban J connectivity index is 2.44. The van der Waals surface area contributed by atoms with E-state index in [-0.39, 0.29) is 0 Å². The van der Waals surface area contributed by atoms with Gasteiger partial charge in [0.2, 0.25) is 0 Å². The maximum atomic E-state index is 10.3. The Morgan fingerprint density at radius 1 is 1.47 bits per heavy atom. The third-order valence-electron chi connectivity index (χ3n) is 2.59. The summed E-state index contributed by atoms with van der Waals surface area (Å²) >= 11 is 3.37. The Labute approximate surface area is 108 Å². The van der Waals surface area contributed by atoms with E-state index in [0.29, 0.717) is 17.1 Å². The molecule has 17 heavy (non-hydrogen) atoms. The number of halogens is 1. The average Bonchev–Trinajstić information content (AvgIpc) is 2.74. The molecule has 0 aliphatic carbocycles. The molecule has 0 saturated carbocycles. The normalized spacial score (nSPS) is 12.5. The van der Waals surface area contributed by atoms with Gasteiger partial charge in [-0.2, -0.15) is 0 Å². The van der Waals surface area contributed by atoms with Gasteiger partial charge in [0, 0.05) is 29.5 Å². The fraction of sp³-hybridized carbons (Fsp3) is 0.250. The van der Waals surface area contributed by atoms with Crippen LogP contribution in [0.15, 0.2) is 35.1 Å². The van der Waals surface area contributed by atoms with Gasteiger partial charge in [0.1, 0.15) is 17.7 Å². The van der Waals surface area contributed by atoms with Crippen LogP contribution in [0.25, 0.3) is 0 Å². The lowest BCUT2D eigenvalue weighted by Gasteiger charge is -2.14.